The Kier molecular flexibility index (Phi) is 7.65. The number of amides is 1. The minimum Gasteiger partial charge on any atom is -0.495 e. The lowest BCUT2D eigenvalue weighted by molar-refractivity contribution is -0.117. The molecule has 2 aromatic rings. The van der Waals surface area contributed by atoms with Crippen LogP contribution in [0.3, 0.4) is 0 Å². The summed E-state index contributed by atoms with van der Waals surface area (Å²) in [6.07, 6.45) is 1.84. The molecule has 0 bridgehead atoms. The molecule has 1 aromatic carbocycles. The van der Waals surface area contributed by atoms with E-state index >= 15 is 0 Å². The largest absolute Gasteiger partial charge is 0.495 e. The predicted molar refractivity (Wildman–Crippen MR) is 107 cm³/mol. The van der Waals surface area contributed by atoms with Crippen molar-refractivity contribution in [1.29, 1.82) is 0 Å². The third-order valence-electron chi connectivity index (χ3n) is 4.16. The SMILES string of the molecule is COc1ccccc1NC(=O)CN1CCN(Cc2cnc(N)s2)CC1.Cl. The fraction of sp³-hybridized carbons (Fsp3) is 0.412. The van der Waals surface area contributed by atoms with Crippen molar-refractivity contribution in [2.24, 2.45) is 0 Å². The third kappa shape index (κ3) is 5.57. The first-order valence-corrected chi connectivity index (χ1v) is 9.03. The summed E-state index contributed by atoms with van der Waals surface area (Å²) in [6.45, 7) is 4.86. The molecule has 26 heavy (non-hydrogen) atoms. The van der Waals surface area contributed by atoms with Crippen LogP contribution in [0.4, 0.5) is 10.8 Å². The van der Waals surface area contributed by atoms with Gasteiger partial charge in [-0.3, -0.25) is 14.6 Å². The van der Waals surface area contributed by atoms with E-state index < -0.39 is 0 Å². The van der Waals surface area contributed by atoms with Crippen molar-refractivity contribution < 1.29 is 9.53 Å². The third-order valence-corrected chi connectivity index (χ3v) is 4.98. The molecule has 1 aromatic heterocycles. The summed E-state index contributed by atoms with van der Waals surface area (Å²) in [6, 6.07) is 7.43. The second kappa shape index (κ2) is 9.72. The van der Waals surface area contributed by atoms with Crippen LogP contribution in [-0.4, -0.2) is 60.5 Å². The number of rotatable bonds is 6. The van der Waals surface area contributed by atoms with Gasteiger partial charge in [0.2, 0.25) is 5.91 Å². The zero-order chi connectivity index (χ0) is 17.6. The second-order valence-corrected chi connectivity index (χ2v) is 7.11. The van der Waals surface area contributed by atoms with E-state index in [1.165, 1.54) is 16.2 Å². The highest BCUT2D eigenvalue weighted by Gasteiger charge is 2.20. The first-order valence-electron chi connectivity index (χ1n) is 8.22. The van der Waals surface area contributed by atoms with Gasteiger partial charge in [-0.05, 0) is 12.1 Å². The van der Waals surface area contributed by atoms with Crippen molar-refractivity contribution in [1.82, 2.24) is 14.8 Å². The van der Waals surface area contributed by atoms with Crippen molar-refractivity contribution >= 4 is 40.5 Å². The highest BCUT2D eigenvalue weighted by atomic mass is 35.5. The number of halogens is 1. The quantitative estimate of drug-likeness (QED) is 0.774. The van der Waals surface area contributed by atoms with Gasteiger partial charge in [-0.25, -0.2) is 4.98 Å². The molecule has 0 unspecified atom stereocenters. The molecule has 1 aliphatic heterocycles. The lowest BCUT2D eigenvalue weighted by atomic mass is 10.2. The summed E-state index contributed by atoms with van der Waals surface area (Å²) >= 11 is 1.53. The van der Waals surface area contributed by atoms with Crippen LogP contribution in [-0.2, 0) is 11.3 Å². The summed E-state index contributed by atoms with van der Waals surface area (Å²) in [4.78, 5) is 22.1. The second-order valence-electron chi connectivity index (χ2n) is 5.97. The molecule has 2 heterocycles. The number of methoxy groups -OCH3 is 1. The Labute approximate surface area is 163 Å². The van der Waals surface area contributed by atoms with Crippen LogP contribution in [0.2, 0.25) is 0 Å². The molecule has 1 aliphatic rings. The number of anilines is 2. The maximum absolute atomic E-state index is 12.3. The average Bonchev–Trinajstić information content (AvgIpc) is 3.02. The van der Waals surface area contributed by atoms with Crippen LogP contribution in [0.5, 0.6) is 5.75 Å². The Morgan fingerprint density at radius 1 is 1.27 bits per heavy atom. The smallest absolute Gasteiger partial charge is 0.238 e. The number of carbonyl (C=O) groups is 1. The summed E-state index contributed by atoms with van der Waals surface area (Å²) in [5.41, 5.74) is 6.38. The highest BCUT2D eigenvalue weighted by molar-refractivity contribution is 7.15. The van der Waals surface area contributed by atoms with E-state index in [2.05, 4.69) is 20.1 Å². The number of piperazine rings is 1. The van der Waals surface area contributed by atoms with Crippen LogP contribution in [0.15, 0.2) is 30.5 Å². The Morgan fingerprint density at radius 2 is 1.96 bits per heavy atom. The zero-order valence-electron chi connectivity index (χ0n) is 14.7. The number of carbonyl (C=O) groups excluding carboxylic acids is 1. The summed E-state index contributed by atoms with van der Waals surface area (Å²) in [5.74, 6) is 0.651. The molecule has 0 spiro atoms. The van der Waals surface area contributed by atoms with E-state index in [0.717, 1.165) is 32.7 Å². The molecular weight excluding hydrogens is 374 g/mol. The fourth-order valence-electron chi connectivity index (χ4n) is 2.86. The van der Waals surface area contributed by atoms with Crippen LogP contribution in [0, 0.1) is 0 Å². The molecule has 9 heteroatoms. The topological polar surface area (TPSA) is 83.7 Å². The number of nitrogens with zero attached hydrogens (tertiary/aromatic N) is 3. The Bertz CT molecular complexity index is 719. The van der Waals surface area contributed by atoms with E-state index in [1.807, 2.05) is 30.5 Å². The van der Waals surface area contributed by atoms with Gasteiger partial charge >= 0.3 is 0 Å². The van der Waals surface area contributed by atoms with Crippen LogP contribution in [0.1, 0.15) is 4.88 Å². The number of benzene rings is 1. The van der Waals surface area contributed by atoms with Gasteiger partial charge in [0.1, 0.15) is 5.75 Å². The molecule has 3 N–H and O–H groups in total. The van der Waals surface area contributed by atoms with Crippen molar-refractivity contribution in [2.45, 2.75) is 6.54 Å². The first-order chi connectivity index (χ1) is 12.1. The fourth-order valence-corrected chi connectivity index (χ4v) is 3.59. The van der Waals surface area contributed by atoms with E-state index in [4.69, 9.17) is 10.5 Å². The maximum Gasteiger partial charge on any atom is 0.238 e. The minimum atomic E-state index is -0.0202. The molecule has 0 radical (unpaired) electrons. The van der Waals surface area contributed by atoms with Gasteiger partial charge in [-0.1, -0.05) is 12.1 Å². The molecule has 1 saturated heterocycles. The number of ether oxygens (including phenoxy) is 1. The van der Waals surface area contributed by atoms with Crippen molar-refractivity contribution in [3.8, 4) is 5.75 Å². The van der Waals surface area contributed by atoms with Gasteiger partial charge in [-0.15, -0.1) is 23.7 Å². The van der Waals surface area contributed by atoms with Gasteiger partial charge in [0, 0.05) is 43.8 Å². The first kappa shape index (κ1) is 20.4. The van der Waals surface area contributed by atoms with Gasteiger partial charge in [0.15, 0.2) is 5.13 Å². The van der Waals surface area contributed by atoms with E-state index in [1.54, 1.807) is 7.11 Å². The monoisotopic (exact) mass is 397 g/mol. The standard InChI is InChI=1S/C17H23N5O2S.ClH/c1-24-15-5-3-2-4-14(15)20-16(23)12-22-8-6-21(7-9-22)11-13-10-19-17(18)25-13;/h2-5,10H,6-9,11-12H2,1H3,(H2,18,19)(H,20,23);1H. The normalized spacial score (nSPS) is 15.3. The molecule has 0 atom stereocenters. The molecular formula is C17H24ClN5O2S. The number of aromatic nitrogens is 1. The molecule has 1 fully saturated rings. The Balaban J connectivity index is 0.00000243. The van der Waals surface area contributed by atoms with Crippen molar-refractivity contribution in [2.75, 3.05) is 50.9 Å². The predicted octanol–water partition coefficient (Wildman–Crippen LogP) is 1.91. The van der Waals surface area contributed by atoms with Gasteiger partial charge in [0.05, 0.1) is 19.3 Å². The molecule has 0 aliphatic carbocycles. The number of para-hydroxylation sites is 2. The van der Waals surface area contributed by atoms with E-state index in [0.29, 0.717) is 23.1 Å². The zero-order valence-corrected chi connectivity index (χ0v) is 16.3. The van der Waals surface area contributed by atoms with Crippen molar-refractivity contribution in [3.63, 3.8) is 0 Å². The number of hydrogen-bond acceptors (Lipinski definition) is 7. The van der Waals surface area contributed by atoms with Crippen LogP contribution < -0.4 is 15.8 Å². The Morgan fingerprint density at radius 3 is 2.62 bits per heavy atom. The van der Waals surface area contributed by atoms with E-state index in [9.17, 15) is 4.79 Å². The van der Waals surface area contributed by atoms with Gasteiger partial charge in [0.25, 0.3) is 0 Å². The van der Waals surface area contributed by atoms with Crippen LogP contribution in [0.25, 0.3) is 0 Å². The molecule has 3 rings (SSSR count). The molecule has 7 nitrogen and oxygen atoms in total. The lowest BCUT2D eigenvalue weighted by Gasteiger charge is -2.33. The average molecular weight is 398 g/mol. The number of nitrogens with one attached hydrogen (secondary N) is 1. The molecule has 142 valence electrons. The summed E-state index contributed by atoms with van der Waals surface area (Å²) in [7, 11) is 1.60. The van der Waals surface area contributed by atoms with Crippen LogP contribution >= 0.6 is 23.7 Å². The molecule has 0 saturated carbocycles. The number of nitrogens with two attached hydrogens (primary N) is 1. The minimum absolute atomic E-state index is 0. The number of thiazole rings is 1. The highest BCUT2D eigenvalue weighted by Crippen LogP contribution is 2.23. The number of nitrogen functional groups attached to an aromatic ring is 1. The van der Waals surface area contributed by atoms with Crippen molar-refractivity contribution in [3.05, 3.63) is 35.3 Å². The lowest BCUT2D eigenvalue weighted by Crippen LogP contribution is -2.48. The summed E-state index contributed by atoms with van der Waals surface area (Å²) < 4.78 is 5.26. The van der Waals surface area contributed by atoms with Gasteiger partial charge < -0.3 is 15.8 Å². The number of hydrogen-bond donors (Lipinski definition) is 2. The van der Waals surface area contributed by atoms with E-state index in [-0.39, 0.29) is 18.3 Å². The maximum atomic E-state index is 12.3. The van der Waals surface area contributed by atoms with Gasteiger partial charge in [-0.2, -0.15) is 0 Å². The Hall–Kier alpha value is -1.87. The summed E-state index contributed by atoms with van der Waals surface area (Å²) in [5, 5.41) is 3.54. The molecule has 1 amide bonds.